The number of benzene rings is 1. The predicted octanol–water partition coefficient (Wildman–Crippen LogP) is 1.95. The highest BCUT2D eigenvalue weighted by Crippen LogP contribution is 2.23. The Morgan fingerprint density at radius 3 is 2.42 bits per heavy atom. The van der Waals surface area contributed by atoms with Gasteiger partial charge in [0.2, 0.25) is 0 Å². The normalized spacial score (nSPS) is 11.1. The number of amides is 1. The van der Waals surface area contributed by atoms with Crippen LogP contribution in [0.2, 0.25) is 0 Å². The minimum atomic E-state index is -0.108. The van der Waals surface area contributed by atoms with Crippen LogP contribution in [0.25, 0.3) is 0 Å². The van der Waals surface area contributed by atoms with E-state index in [0.717, 1.165) is 12.8 Å². The Bertz CT molecular complexity index is 367. The Morgan fingerprint density at radius 1 is 1.26 bits per heavy atom. The lowest BCUT2D eigenvalue weighted by atomic mass is 9.82. The Hall–Kier alpha value is -1.55. The van der Waals surface area contributed by atoms with Crippen molar-refractivity contribution in [2.75, 3.05) is 19.7 Å². The van der Waals surface area contributed by atoms with Gasteiger partial charge in [-0.3, -0.25) is 4.79 Å². The molecule has 0 aliphatic rings. The fourth-order valence-electron chi connectivity index (χ4n) is 1.86. The maximum Gasteiger partial charge on any atom is 0.257 e. The summed E-state index contributed by atoms with van der Waals surface area (Å²) in [5.74, 6) is 0.595. The molecule has 0 bridgehead atoms. The largest absolute Gasteiger partial charge is 0.484 e. The third kappa shape index (κ3) is 4.91. The van der Waals surface area contributed by atoms with E-state index in [1.165, 1.54) is 0 Å². The molecular weight excluding hydrogens is 240 g/mol. The maximum absolute atomic E-state index is 11.7. The van der Waals surface area contributed by atoms with Gasteiger partial charge in [-0.1, -0.05) is 32.0 Å². The molecule has 4 nitrogen and oxygen atoms in total. The van der Waals surface area contributed by atoms with Crippen LogP contribution in [0, 0.1) is 5.41 Å². The van der Waals surface area contributed by atoms with Gasteiger partial charge in [-0.15, -0.1) is 0 Å². The fourth-order valence-corrected chi connectivity index (χ4v) is 1.86. The molecule has 0 aromatic heterocycles. The lowest BCUT2D eigenvalue weighted by Gasteiger charge is -2.30. The average molecular weight is 264 g/mol. The quantitative estimate of drug-likeness (QED) is 0.754. The second-order valence-corrected chi connectivity index (χ2v) is 4.79. The number of hydrogen-bond donors (Lipinski definition) is 2. The number of nitrogens with one attached hydrogen (secondary N) is 1. The smallest absolute Gasteiger partial charge is 0.257 e. The van der Waals surface area contributed by atoms with E-state index < -0.39 is 0 Å². The standard InChI is InChI=1S/C15H24N2O2/c1-3-15(4-2,11-16)12-17-14(18)10-19-13-8-6-5-7-9-13/h5-9H,3-4,10-12,16H2,1-2H3,(H,17,18). The van der Waals surface area contributed by atoms with Gasteiger partial charge < -0.3 is 15.8 Å². The Labute approximate surface area is 115 Å². The molecule has 0 fully saturated rings. The molecule has 0 spiro atoms. The van der Waals surface area contributed by atoms with Crippen molar-refractivity contribution in [3.05, 3.63) is 30.3 Å². The van der Waals surface area contributed by atoms with Gasteiger partial charge in [-0.2, -0.15) is 0 Å². The van der Waals surface area contributed by atoms with E-state index in [9.17, 15) is 4.79 Å². The second kappa shape index (κ2) is 7.79. The number of carbonyl (C=O) groups excluding carboxylic acids is 1. The van der Waals surface area contributed by atoms with Gasteiger partial charge in [0, 0.05) is 6.54 Å². The molecule has 1 rings (SSSR count). The molecule has 19 heavy (non-hydrogen) atoms. The zero-order chi connectivity index (χ0) is 14.1. The molecule has 0 saturated heterocycles. The molecule has 106 valence electrons. The van der Waals surface area contributed by atoms with Crippen LogP contribution in [0.4, 0.5) is 0 Å². The highest BCUT2D eigenvalue weighted by atomic mass is 16.5. The first kappa shape index (κ1) is 15.5. The minimum absolute atomic E-state index is 0.00239. The minimum Gasteiger partial charge on any atom is -0.484 e. The Kier molecular flexibility index (Phi) is 6.36. The fraction of sp³-hybridized carbons (Fsp3) is 0.533. The summed E-state index contributed by atoms with van der Waals surface area (Å²) in [5, 5.41) is 2.90. The molecule has 1 aromatic rings. The summed E-state index contributed by atoms with van der Waals surface area (Å²) in [4.78, 5) is 11.7. The van der Waals surface area contributed by atoms with Crippen LogP contribution in [0.15, 0.2) is 30.3 Å². The lowest BCUT2D eigenvalue weighted by molar-refractivity contribution is -0.123. The SMILES string of the molecule is CCC(CC)(CN)CNC(=O)COc1ccccc1. The molecule has 1 amide bonds. The first-order chi connectivity index (χ1) is 9.15. The van der Waals surface area contributed by atoms with E-state index in [2.05, 4.69) is 19.2 Å². The van der Waals surface area contributed by atoms with Crippen LogP contribution in [-0.4, -0.2) is 25.6 Å². The van der Waals surface area contributed by atoms with E-state index in [-0.39, 0.29) is 17.9 Å². The molecule has 0 heterocycles. The summed E-state index contributed by atoms with van der Waals surface area (Å²) < 4.78 is 5.39. The summed E-state index contributed by atoms with van der Waals surface area (Å²) >= 11 is 0. The Balaban J connectivity index is 2.35. The molecular formula is C15H24N2O2. The van der Waals surface area contributed by atoms with Crippen molar-refractivity contribution in [3.63, 3.8) is 0 Å². The van der Waals surface area contributed by atoms with Gasteiger partial charge in [0.1, 0.15) is 5.75 Å². The highest BCUT2D eigenvalue weighted by Gasteiger charge is 2.24. The molecule has 0 radical (unpaired) electrons. The molecule has 1 aromatic carbocycles. The van der Waals surface area contributed by atoms with E-state index in [4.69, 9.17) is 10.5 Å². The number of hydrogen-bond acceptors (Lipinski definition) is 3. The van der Waals surface area contributed by atoms with Gasteiger partial charge in [0.25, 0.3) is 5.91 Å². The van der Waals surface area contributed by atoms with Crippen LogP contribution in [-0.2, 0) is 4.79 Å². The summed E-state index contributed by atoms with van der Waals surface area (Å²) in [6.07, 6.45) is 1.92. The summed E-state index contributed by atoms with van der Waals surface area (Å²) in [6.45, 7) is 5.43. The summed E-state index contributed by atoms with van der Waals surface area (Å²) in [7, 11) is 0. The van der Waals surface area contributed by atoms with Gasteiger partial charge >= 0.3 is 0 Å². The number of para-hydroxylation sites is 1. The number of carbonyl (C=O) groups is 1. The van der Waals surface area contributed by atoms with Crippen LogP contribution >= 0.6 is 0 Å². The third-order valence-electron chi connectivity index (χ3n) is 3.71. The highest BCUT2D eigenvalue weighted by molar-refractivity contribution is 5.77. The average Bonchev–Trinajstić information content (AvgIpc) is 2.48. The van der Waals surface area contributed by atoms with Crippen molar-refractivity contribution in [2.24, 2.45) is 11.1 Å². The summed E-state index contributed by atoms with van der Waals surface area (Å²) in [6, 6.07) is 9.32. The van der Waals surface area contributed by atoms with Crippen molar-refractivity contribution in [2.45, 2.75) is 26.7 Å². The van der Waals surface area contributed by atoms with Crippen LogP contribution < -0.4 is 15.8 Å². The second-order valence-electron chi connectivity index (χ2n) is 4.79. The molecule has 4 heteroatoms. The number of ether oxygens (including phenoxy) is 1. The van der Waals surface area contributed by atoms with Crippen molar-refractivity contribution >= 4 is 5.91 Å². The molecule has 0 aliphatic heterocycles. The first-order valence-electron chi connectivity index (χ1n) is 6.80. The van der Waals surface area contributed by atoms with Crippen LogP contribution in [0.1, 0.15) is 26.7 Å². The van der Waals surface area contributed by atoms with Crippen molar-refractivity contribution in [1.82, 2.24) is 5.32 Å². The van der Waals surface area contributed by atoms with E-state index in [1.807, 2.05) is 30.3 Å². The zero-order valence-corrected chi connectivity index (χ0v) is 11.8. The molecule has 0 atom stereocenters. The Morgan fingerprint density at radius 2 is 1.89 bits per heavy atom. The van der Waals surface area contributed by atoms with Gasteiger partial charge in [-0.25, -0.2) is 0 Å². The molecule has 0 saturated carbocycles. The van der Waals surface area contributed by atoms with Crippen molar-refractivity contribution in [3.8, 4) is 5.75 Å². The van der Waals surface area contributed by atoms with E-state index in [1.54, 1.807) is 0 Å². The van der Waals surface area contributed by atoms with Crippen molar-refractivity contribution < 1.29 is 9.53 Å². The molecule has 3 N–H and O–H groups in total. The van der Waals surface area contributed by atoms with Crippen molar-refractivity contribution in [1.29, 1.82) is 0 Å². The number of rotatable bonds is 8. The van der Waals surface area contributed by atoms with E-state index >= 15 is 0 Å². The predicted molar refractivity (Wildman–Crippen MR) is 77.0 cm³/mol. The lowest BCUT2D eigenvalue weighted by Crippen LogP contribution is -2.43. The molecule has 0 unspecified atom stereocenters. The molecule has 0 aliphatic carbocycles. The summed E-state index contributed by atoms with van der Waals surface area (Å²) in [5.41, 5.74) is 5.80. The van der Waals surface area contributed by atoms with Gasteiger partial charge in [0.15, 0.2) is 6.61 Å². The monoisotopic (exact) mass is 264 g/mol. The number of nitrogens with two attached hydrogens (primary N) is 1. The zero-order valence-electron chi connectivity index (χ0n) is 11.8. The topological polar surface area (TPSA) is 64.3 Å². The van der Waals surface area contributed by atoms with Crippen LogP contribution in [0.5, 0.6) is 5.75 Å². The third-order valence-corrected chi connectivity index (χ3v) is 3.71. The first-order valence-corrected chi connectivity index (χ1v) is 6.80. The van der Waals surface area contributed by atoms with E-state index in [0.29, 0.717) is 18.8 Å². The van der Waals surface area contributed by atoms with Crippen LogP contribution in [0.3, 0.4) is 0 Å². The van der Waals surface area contributed by atoms with Gasteiger partial charge in [-0.05, 0) is 36.9 Å². The van der Waals surface area contributed by atoms with Gasteiger partial charge in [0.05, 0.1) is 0 Å². The maximum atomic E-state index is 11.7.